The Hall–Kier alpha value is -4.46. The van der Waals surface area contributed by atoms with E-state index in [9.17, 15) is 14.0 Å². The van der Waals surface area contributed by atoms with Crippen molar-refractivity contribution in [3.63, 3.8) is 0 Å². The molecule has 36 heavy (non-hydrogen) atoms. The Morgan fingerprint density at radius 2 is 1.83 bits per heavy atom. The van der Waals surface area contributed by atoms with Gasteiger partial charge in [-0.25, -0.2) is 9.37 Å². The van der Waals surface area contributed by atoms with Gasteiger partial charge in [0.25, 0.3) is 5.91 Å². The Morgan fingerprint density at radius 1 is 1.06 bits per heavy atom. The molecule has 0 saturated heterocycles. The molecule has 0 aliphatic carbocycles. The van der Waals surface area contributed by atoms with Crippen LogP contribution in [0, 0.1) is 5.82 Å². The summed E-state index contributed by atoms with van der Waals surface area (Å²) in [5.41, 5.74) is 2.73. The number of carbonyl (C=O) groups excluding carboxylic acids is 2. The largest absolute Gasteiger partial charge is 0.497 e. The van der Waals surface area contributed by atoms with Gasteiger partial charge in [0.15, 0.2) is 0 Å². The van der Waals surface area contributed by atoms with Crippen LogP contribution in [0.3, 0.4) is 0 Å². The fourth-order valence-electron chi connectivity index (χ4n) is 3.80. The summed E-state index contributed by atoms with van der Waals surface area (Å²) in [5, 5.41) is 5.92. The molecule has 1 unspecified atom stereocenters. The Bertz CT molecular complexity index is 1290. The number of aryl methyl sites for hydroxylation is 1. The number of halogens is 1. The van der Waals surface area contributed by atoms with Crippen LogP contribution in [0.5, 0.6) is 5.75 Å². The van der Waals surface area contributed by atoms with Gasteiger partial charge in [-0.05, 0) is 60.0 Å². The second-order valence-electron chi connectivity index (χ2n) is 8.31. The van der Waals surface area contributed by atoms with Crippen molar-refractivity contribution < 1.29 is 18.7 Å². The number of hydrogen-bond acceptors (Lipinski definition) is 4. The molecule has 0 fully saturated rings. The summed E-state index contributed by atoms with van der Waals surface area (Å²) in [6.07, 6.45) is 5.87. The average molecular weight is 487 g/mol. The second kappa shape index (κ2) is 11.8. The molecule has 1 heterocycles. The summed E-state index contributed by atoms with van der Waals surface area (Å²) in [5.74, 6) is -0.0455. The van der Waals surface area contributed by atoms with Gasteiger partial charge in [0, 0.05) is 36.6 Å². The summed E-state index contributed by atoms with van der Waals surface area (Å²) in [7, 11) is 1.59. The molecule has 4 rings (SSSR count). The highest BCUT2D eigenvalue weighted by Crippen LogP contribution is 2.23. The Morgan fingerprint density at radius 3 is 2.53 bits per heavy atom. The highest BCUT2D eigenvalue weighted by atomic mass is 19.1. The number of anilines is 1. The van der Waals surface area contributed by atoms with Crippen LogP contribution in [0.15, 0.2) is 91.5 Å². The number of methoxy groups -OCH3 is 1. The Balaban J connectivity index is 1.46. The lowest BCUT2D eigenvalue weighted by molar-refractivity contribution is -0.116. The minimum atomic E-state index is -0.359. The first-order valence-corrected chi connectivity index (χ1v) is 11.5. The molecule has 1 atom stereocenters. The van der Waals surface area contributed by atoms with Crippen LogP contribution < -0.4 is 15.4 Å². The zero-order valence-electron chi connectivity index (χ0n) is 19.9. The van der Waals surface area contributed by atoms with E-state index < -0.39 is 0 Å². The molecule has 0 spiro atoms. The number of imidazole rings is 1. The Labute approximate surface area is 208 Å². The van der Waals surface area contributed by atoms with Crippen LogP contribution in [-0.4, -0.2) is 28.5 Å². The highest BCUT2D eigenvalue weighted by Gasteiger charge is 2.18. The van der Waals surface area contributed by atoms with E-state index in [0.717, 1.165) is 11.1 Å². The molecular formula is C28H27FN4O3. The predicted octanol–water partition coefficient (Wildman–Crippen LogP) is 4.77. The zero-order chi connectivity index (χ0) is 25.3. The zero-order valence-corrected chi connectivity index (χ0v) is 19.9. The van der Waals surface area contributed by atoms with Crippen LogP contribution in [0.4, 0.5) is 10.1 Å². The quantitative estimate of drug-likeness (QED) is 0.338. The fraction of sp³-hybridized carbons (Fsp3) is 0.179. The van der Waals surface area contributed by atoms with E-state index >= 15 is 0 Å². The van der Waals surface area contributed by atoms with E-state index in [1.54, 1.807) is 62.2 Å². The number of hydrogen-bond donors (Lipinski definition) is 2. The van der Waals surface area contributed by atoms with Crippen LogP contribution in [0.1, 0.15) is 33.9 Å². The number of benzene rings is 3. The van der Waals surface area contributed by atoms with Crippen LogP contribution in [-0.2, 0) is 17.8 Å². The number of amides is 2. The molecule has 1 aromatic heterocycles. The van der Waals surface area contributed by atoms with E-state index in [2.05, 4.69) is 15.6 Å². The molecule has 3 aromatic carbocycles. The molecule has 0 aliphatic rings. The van der Waals surface area contributed by atoms with Crippen LogP contribution in [0.2, 0.25) is 0 Å². The summed E-state index contributed by atoms with van der Waals surface area (Å²) in [6, 6.07) is 20.1. The lowest BCUT2D eigenvalue weighted by atomic mass is 9.98. The van der Waals surface area contributed by atoms with Crippen LogP contribution in [0.25, 0.3) is 0 Å². The van der Waals surface area contributed by atoms with E-state index in [1.165, 1.54) is 12.1 Å². The molecule has 184 valence electrons. The van der Waals surface area contributed by atoms with Crippen molar-refractivity contribution >= 4 is 17.5 Å². The first kappa shape index (κ1) is 24.7. The topological polar surface area (TPSA) is 85.3 Å². The molecule has 8 heteroatoms. The molecular weight excluding hydrogens is 459 g/mol. The first-order chi connectivity index (χ1) is 17.5. The second-order valence-corrected chi connectivity index (χ2v) is 8.31. The molecule has 0 bridgehead atoms. The van der Waals surface area contributed by atoms with Gasteiger partial charge in [0.2, 0.25) is 5.91 Å². The van der Waals surface area contributed by atoms with Gasteiger partial charge in [0.05, 0.1) is 19.5 Å². The van der Waals surface area contributed by atoms with Crippen molar-refractivity contribution in [1.82, 2.24) is 14.9 Å². The van der Waals surface area contributed by atoms with Gasteiger partial charge >= 0.3 is 0 Å². The first-order valence-electron chi connectivity index (χ1n) is 11.5. The third kappa shape index (κ3) is 6.79. The van der Waals surface area contributed by atoms with Gasteiger partial charge in [-0.3, -0.25) is 9.59 Å². The molecule has 0 radical (unpaired) electrons. The molecule has 4 aromatic rings. The molecule has 2 N–H and O–H groups in total. The number of nitrogens with zero attached hydrogens (tertiary/aromatic N) is 2. The number of aromatic nitrogens is 2. The standard InChI is InChI=1S/C28H27FN4O3/c1-36-25-11-7-21(8-12-25)26(17-20-5-9-23(29)10-6-20)32-28(35)22-3-2-4-24(18-22)31-27(34)13-15-33-16-14-30-19-33/h2-12,14,16,18-19,26H,13,15,17H2,1H3,(H,31,34)(H,32,35). The number of carbonyl (C=O) groups is 2. The van der Waals surface area contributed by atoms with E-state index in [1.807, 2.05) is 28.8 Å². The minimum Gasteiger partial charge on any atom is -0.497 e. The molecule has 0 saturated carbocycles. The van der Waals surface area contributed by atoms with E-state index in [-0.39, 0.29) is 30.1 Å². The molecule has 7 nitrogen and oxygen atoms in total. The number of ether oxygens (including phenoxy) is 1. The van der Waals surface area contributed by atoms with E-state index in [4.69, 9.17) is 4.74 Å². The summed E-state index contributed by atoms with van der Waals surface area (Å²) in [6.45, 7) is 0.513. The number of nitrogens with one attached hydrogen (secondary N) is 2. The summed E-state index contributed by atoms with van der Waals surface area (Å²) in [4.78, 5) is 29.5. The van der Waals surface area contributed by atoms with Crippen molar-refractivity contribution in [3.8, 4) is 5.75 Å². The van der Waals surface area contributed by atoms with Crippen molar-refractivity contribution in [2.24, 2.45) is 0 Å². The van der Waals surface area contributed by atoms with E-state index in [0.29, 0.717) is 30.0 Å². The molecule has 2 amide bonds. The van der Waals surface area contributed by atoms with Gasteiger partial charge in [0.1, 0.15) is 11.6 Å². The summed E-state index contributed by atoms with van der Waals surface area (Å²) < 4.78 is 20.5. The summed E-state index contributed by atoms with van der Waals surface area (Å²) >= 11 is 0. The predicted molar refractivity (Wildman–Crippen MR) is 135 cm³/mol. The lowest BCUT2D eigenvalue weighted by Gasteiger charge is -2.20. The normalized spacial score (nSPS) is 11.5. The smallest absolute Gasteiger partial charge is 0.251 e. The van der Waals surface area contributed by atoms with Crippen LogP contribution >= 0.6 is 0 Å². The monoisotopic (exact) mass is 486 g/mol. The van der Waals surface area contributed by atoms with Gasteiger partial charge in [-0.2, -0.15) is 0 Å². The third-order valence-corrected chi connectivity index (χ3v) is 5.74. The number of rotatable bonds is 10. The van der Waals surface area contributed by atoms with Gasteiger partial charge in [-0.15, -0.1) is 0 Å². The molecule has 0 aliphatic heterocycles. The van der Waals surface area contributed by atoms with Gasteiger partial charge < -0.3 is 19.9 Å². The maximum atomic E-state index is 13.4. The Kier molecular flexibility index (Phi) is 8.08. The highest BCUT2D eigenvalue weighted by molar-refractivity contribution is 5.97. The SMILES string of the molecule is COc1ccc(C(Cc2ccc(F)cc2)NC(=O)c2cccc(NC(=O)CCn3ccnc3)c2)cc1. The third-order valence-electron chi connectivity index (χ3n) is 5.74. The van der Waals surface area contributed by atoms with Crippen molar-refractivity contribution in [2.45, 2.75) is 25.4 Å². The average Bonchev–Trinajstić information content (AvgIpc) is 3.42. The van der Waals surface area contributed by atoms with Gasteiger partial charge in [-0.1, -0.05) is 30.3 Å². The fourth-order valence-corrected chi connectivity index (χ4v) is 3.80. The van der Waals surface area contributed by atoms with Crippen molar-refractivity contribution in [3.05, 3.63) is 114 Å². The minimum absolute atomic E-state index is 0.159. The van der Waals surface area contributed by atoms with Crippen molar-refractivity contribution in [1.29, 1.82) is 0 Å². The maximum absolute atomic E-state index is 13.4. The lowest BCUT2D eigenvalue weighted by Crippen LogP contribution is -2.30. The maximum Gasteiger partial charge on any atom is 0.251 e. The van der Waals surface area contributed by atoms with Crippen molar-refractivity contribution in [2.75, 3.05) is 12.4 Å².